The van der Waals surface area contributed by atoms with Crippen LogP contribution in [-0.4, -0.2) is 0 Å². The van der Waals surface area contributed by atoms with Crippen molar-refractivity contribution in [2.24, 2.45) is 0 Å². The van der Waals surface area contributed by atoms with Crippen molar-refractivity contribution >= 4 is 11.4 Å². The van der Waals surface area contributed by atoms with E-state index in [-0.39, 0.29) is 0 Å². The van der Waals surface area contributed by atoms with Gasteiger partial charge in [-0.2, -0.15) is 0 Å². The zero-order chi connectivity index (χ0) is 24.9. The fraction of sp³-hybridized carbons (Fsp3) is 0. The van der Waals surface area contributed by atoms with E-state index in [0.29, 0.717) is 0 Å². The van der Waals surface area contributed by atoms with Crippen molar-refractivity contribution in [2.45, 2.75) is 0 Å². The Balaban J connectivity index is 1.31. The Morgan fingerprint density at radius 3 is 1.16 bits per heavy atom. The average molecular weight is 474 g/mol. The SMILES string of the molecule is c1ccc(-c2ccccc2-c2ccc(Nc3ccc(-c4ccccc4)c(-c4ccccc4)c3)cc2)cc1. The Bertz CT molecular complexity index is 1600. The number of nitrogens with one attached hydrogen (secondary N) is 1. The Kier molecular flexibility index (Phi) is 6.34. The second-order valence-corrected chi connectivity index (χ2v) is 9.11. The molecule has 0 unspecified atom stereocenters. The smallest absolute Gasteiger partial charge is 0.0390 e. The zero-order valence-corrected chi connectivity index (χ0v) is 20.5. The average Bonchev–Trinajstić information content (AvgIpc) is 2.99. The van der Waals surface area contributed by atoms with Crippen LogP contribution in [0.1, 0.15) is 0 Å². The fourth-order valence-electron chi connectivity index (χ4n) is 4.85. The van der Waals surface area contributed by atoms with Crippen molar-refractivity contribution in [3.63, 3.8) is 0 Å². The maximum Gasteiger partial charge on any atom is 0.0390 e. The third-order valence-electron chi connectivity index (χ3n) is 6.69. The van der Waals surface area contributed by atoms with Crippen LogP contribution in [-0.2, 0) is 0 Å². The predicted octanol–water partition coefficient (Wildman–Crippen LogP) is 10.1. The molecule has 0 aliphatic rings. The van der Waals surface area contributed by atoms with Gasteiger partial charge in [0.1, 0.15) is 0 Å². The molecule has 1 nitrogen and oxygen atoms in total. The fourth-order valence-corrected chi connectivity index (χ4v) is 4.85. The van der Waals surface area contributed by atoms with Crippen molar-refractivity contribution in [1.29, 1.82) is 0 Å². The molecule has 0 fully saturated rings. The number of hydrogen-bond donors (Lipinski definition) is 1. The number of rotatable bonds is 6. The molecule has 0 saturated heterocycles. The summed E-state index contributed by atoms with van der Waals surface area (Å²) in [5.41, 5.74) is 11.9. The van der Waals surface area contributed by atoms with Gasteiger partial charge in [-0.05, 0) is 68.8 Å². The maximum absolute atomic E-state index is 3.62. The van der Waals surface area contributed by atoms with Crippen LogP contribution in [0.15, 0.2) is 158 Å². The zero-order valence-electron chi connectivity index (χ0n) is 20.5. The molecule has 0 radical (unpaired) electrons. The van der Waals surface area contributed by atoms with Crippen LogP contribution in [0.25, 0.3) is 44.5 Å². The minimum absolute atomic E-state index is 1.06. The number of benzene rings is 6. The molecular weight excluding hydrogens is 446 g/mol. The van der Waals surface area contributed by atoms with E-state index in [0.717, 1.165) is 11.4 Å². The van der Waals surface area contributed by atoms with Crippen LogP contribution in [0, 0.1) is 0 Å². The molecule has 0 aromatic heterocycles. The molecule has 6 rings (SSSR count). The molecule has 0 atom stereocenters. The highest BCUT2D eigenvalue weighted by molar-refractivity contribution is 5.87. The summed E-state index contributed by atoms with van der Waals surface area (Å²) in [5.74, 6) is 0. The first-order valence-electron chi connectivity index (χ1n) is 12.6. The van der Waals surface area contributed by atoms with Crippen molar-refractivity contribution in [2.75, 3.05) is 5.32 Å². The lowest BCUT2D eigenvalue weighted by Crippen LogP contribution is -1.93. The van der Waals surface area contributed by atoms with E-state index in [1.165, 1.54) is 44.5 Å². The summed E-state index contributed by atoms with van der Waals surface area (Å²) < 4.78 is 0. The van der Waals surface area contributed by atoms with E-state index in [1.54, 1.807) is 0 Å². The van der Waals surface area contributed by atoms with Gasteiger partial charge in [0.05, 0.1) is 0 Å². The van der Waals surface area contributed by atoms with Gasteiger partial charge in [0, 0.05) is 11.4 Å². The number of hydrogen-bond acceptors (Lipinski definition) is 1. The minimum Gasteiger partial charge on any atom is -0.356 e. The summed E-state index contributed by atoms with van der Waals surface area (Å²) in [6.45, 7) is 0. The van der Waals surface area contributed by atoms with E-state index < -0.39 is 0 Å². The van der Waals surface area contributed by atoms with Gasteiger partial charge in [0.25, 0.3) is 0 Å². The molecule has 0 spiro atoms. The van der Waals surface area contributed by atoms with E-state index in [9.17, 15) is 0 Å². The van der Waals surface area contributed by atoms with Crippen LogP contribution in [0.5, 0.6) is 0 Å². The molecule has 6 aromatic rings. The second kappa shape index (κ2) is 10.4. The summed E-state index contributed by atoms with van der Waals surface area (Å²) in [4.78, 5) is 0. The highest BCUT2D eigenvalue weighted by Crippen LogP contribution is 2.36. The molecule has 0 bridgehead atoms. The first-order valence-corrected chi connectivity index (χ1v) is 12.6. The molecule has 37 heavy (non-hydrogen) atoms. The maximum atomic E-state index is 3.62. The molecule has 0 heterocycles. The van der Waals surface area contributed by atoms with Crippen molar-refractivity contribution in [1.82, 2.24) is 0 Å². The van der Waals surface area contributed by atoms with Crippen molar-refractivity contribution < 1.29 is 0 Å². The van der Waals surface area contributed by atoms with Gasteiger partial charge in [-0.15, -0.1) is 0 Å². The van der Waals surface area contributed by atoms with Crippen LogP contribution in [0.2, 0.25) is 0 Å². The molecule has 1 heteroatoms. The molecule has 0 saturated carbocycles. The second-order valence-electron chi connectivity index (χ2n) is 9.11. The lowest BCUT2D eigenvalue weighted by atomic mass is 9.94. The highest BCUT2D eigenvalue weighted by atomic mass is 14.9. The summed E-state index contributed by atoms with van der Waals surface area (Å²) in [5, 5.41) is 3.62. The number of anilines is 2. The third-order valence-corrected chi connectivity index (χ3v) is 6.69. The standard InChI is InChI=1S/C36H27N/c1-4-12-27(13-5-1)33-18-10-11-19-34(33)30-20-22-31(23-21-30)37-32-24-25-35(28-14-6-2-7-15-28)36(26-32)29-16-8-3-9-17-29/h1-26,37H. The Hall–Kier alpha value is -4.88. The first kappa shape index (κ1) is 22.6. The summed E-state index contributed by atoms with van der Waals surface area (Å²) in [6, 6.07) is 55.6. The molecule has 176 valence electrons. The normalized spacial score (nSPS) is 10.7. The van der Waals surface area contributed by atoms with Crippen molar-refractivity contribution in [3.8, 4) is 44.5 Å². The Morgan fingerprint density at radius 1 is 0.270 bits per heavy atom. The van der Waals surface area contributed by atoms with E-state index >= 15 is 0 Å². The van der Waals surface area contributed by atoms with Gasteiger partial charge in [-0.25, -0.2) is 0 Å². The Labute approximate surface area is 218 Å². The largest absolute Gasteiger partial charge is 0.356 e. The Morgan fingerprint density at radius 2 is 0.649 bits per heavy atom. The summed E-state index contributed by atoms with van der Waals surface area (Å²) in [7, 11) is 0. The van der Waals surface area contributed by atoms with Gasteiger partial charge in [0.15, 0.2) is 0 Å². The van der Waals surface area contributed by atoms with Gasteiger partial charge < -0.3 is 5.32 Å². The summed E-state index contributed by atoms with van der Waals surface area (Å²) in [6.07, 6.45) is 0. The van der Waals surface area contributed by atoms with Crippen LogP contribution < -0.4 is 5.32 Å². The van der Waals surface area contributed by atoms with Crippen LogP contribution in [0.4, 0.5) is 11.4 Å². The van der Waals surface area contributed by atoms with E-state index in [1.807, 2.05) is 0 Å². The third kappa shape index (κ3) is 4.94. The molecule has 1 N–H and O–H groups in total. The topological polar surface area (TPSA) is 12.0 Å². The first-order chi connectivity index (χ1) is 18.3. The summed E-state index contributed by atoms with van der Waals surface area (Å²) >= 11 is 0. The van der Waals surface area contributed by atoms with Crippen LogP contribution in [0.3, 0.4) is 0 Å². The predicted molar refractivity (Wildman–Crippen MR) is 158 cm³/mol. The molecule has 0 amide bonds. The van der Waals surface area contributed by atoms with Crippen molar-refractivity contribution in [3.05, 3.63) is 158 Å². The van der Waals surface area contributed by atoms with Gasteiger partial charge in [-0.1, -0.05) is 133 Å². The van der Waals surface area contributed by atoms with E-state index in [2.05, 4.69) is 163 Å². The quantitative estimate of drug-likeness (QED) is 0.254. The van der Waals surface area contributed by atoms with Gasteiger partial charge >= 0.3 is 0 Å². The highest BCUT2D eigenvalue weighted by Gasteiger charge is 2.10. The van der Waals surface area contributed by atoms with Gasteiger partial charge in [-0.3, -0.25) is 0 Å². The van der Waals surface area contributed by atoms with Crippen LogP contribution >= 0.6 is 0 Å². The lowest BCUT2D eigenvalue weighted by Gasteiger charge is -2.15. The monoisotopic (exact) mass is 473 g/mol. The van der Waals surface area contributed by atoms with E-state index in [4.69, 9.17) is 0 Å². The van der Waals surface area contributed by atoms with Gasteiger partial charge in [0.2, 0.25) is 0 Å². The molecular formula is C36H27N. The minimum atomic E-state index is 1.06. The molecule has 0 aliphatic heterocycles. The lowest BCUT2D eigenvalue weighted by molar-refractivity contribution is 1.52. The molecule has 6 aromatic carbocycles. The molecule has 0 aliphatic carbocycles.